The second-order valence-electron chi connectivity index (χ2n) is 6.63. The Bertz CT molecular complexity index is 689. The molecule has 2 atom stereocenters. The minimum atomic E-state index is 0.181. The first kappa shape index (κ1) is 13.7. The van der Waals surface area contributed by atoms with Crippen LogP contribution in [0, 0.1) is 5.92 Å². The minimum Gasteiger partial charge on any atom is -0.335 e. The Morgan fingerprint density at radius 3 is 2.82 bits per heavy atom. The van der Waals surface area contributed by atoms with Crippen molar-refractivity contribution in [2.24, 2.45) is 5.92 Å². The molecular weight excluding hydrogens is 272 g/mol. The van der Waals surface area contributed by atoms with Gasteiger partial charge >= 0.3 is 0 Å². The molecule has 2 heterocycles. The highest BCUT2D eigenvalue weighted by atomic mass is 16.2. The van der Waals surface area contributed by atoms with Gasteiger partial charge in [-0.3, -0.25) is 9.78 Å². The van der Waals surface area contributed by atoms with Gasteiger partial charge in [-0.05, 0) is 43.7 Å². The van der Waals surface area contributed by atoms with Crippen LogP contribution in [0.3, 0.4) is 0 Å². The maximum absolute atomic E-state index is 13.2. The maximum atomic E-state index is 13.2. The van der Waals surface area contributed by atoms with E-state index in [4.69, 9.17) is 0 Å². The van der Waals surface area contributed by atoms with Crippen LogP contribution >= 0.6 is 0 Å². The van der Waals surface area contributed by atoms with Crippen molar-refractivity contribution in [3.8, 4) is 0 Å². The number of amides is 1. The van der Waals surface area contributed by atoms with Gasteiger partial charge in [0, 0.05) is 24.2 Å². The first-order valence-electron chi connectivity index (χ1n) is 8.49. The molecule has 1 saturated carbocycles. The molecule has 1 aliphatic heterocycles. The van der Waals surface area contributed by atoms with E-state index in [2.05, 4.69) is 9.88 Å². The van der Waals surface area contributed by atoms with Gasteiger partial charge in [0.2, 0.25) is 0 Å². The van der Waals surface area contributed by atoms with Crippen LogP contribution in [-0.2, 0) is 0 Å². The Balaban J connectivity index is 1.70. The van der Waals surface area contributed by atoms with Crippen LogP contribution in [0.2, 0.25) is 0 Å². The third-order valence-electron chi connectivity index (χ3n) is 5.37. The van der Waals surface area contributed by atoms with Gasteiger partial charge in [-0.2, -0.15) is 0 Å². The SMILES string of the molecule is O=C(c1cccc2cccnc12)N1CCCC2CCCCC21. The lowest BCUT2D eigenvalue weighted by Crippen LogP contribution is -2.49. The van der Waals surface area contributed by atoms with Crippen molar-refractivity contribution in [3.05, 3.63) is 42.1 Å². The number of piperidine rings is 1. The number of nitrogens with zero attached hydrogens (tertiary/aromatic N) is 2. The summed E-state index contributed by atoms with van der Waals surface area (Å²) in [6, 6.07) is 10.3. The zero-order valence-corrected chi connectivity index (χ0v) is 12.9. The Morgan fingerprint density at radius 1 is 1.05 bits per heavy atom. The fourth-order valence-electron chi connectivity index (χ4n) is 4.31. The van der Waals surface area contributed by atoms with E-state index in [-0.39, 0.29) is 5.91 Å². The third-order valence-corrected chi connectivity index (χ3v) is 5.37. The summed E-state index contributed by atoms with van der Waals surface area (Å²) in [6.45, 7) is 0.906. The summed E-state index contributed by atoms with van der Waals surface area (Å²) in [5.74, 6) is 0.898. The molecule has 0 N–H and O–H groups in total. The van der Waals surface area contributed by atoms with Gasteiger partial charge < -0.3 is 4.90 Å². The zero-order chi connectivity index (χ0) is 14.9. The molecule has 2 aliphatic rings. The predicted molar refractivity (Wildman–Crippen MR) is 87.8 cm³/mol. The average molecular weight is 294 g/mol. The first-order valence-corrected chi connectivity index (χ1v) is 8.49. The number of hydrogen-bond acceptors (Lipinski definition) is 2. The second kappa shape index (κ2) is 5.71. The van der Waals surface area contributed by atoms with Crippen LogP contribution in [0.15, 0.2) is 36.5 Å². The molecule has 22 heavy (non-hydrogen) atoms. The van der Waals surface area contributed by atoms with Crippen LogP contribution in [0.25, 0.3) is 10.9 Å². The fourth-order valence-corrected chi connectivity index (χ4v) is 4.31. The number of carbonyl (C=O) groups is 1. The Labute approximate surface area is 131 Å². The summed E-state index contributed by atoms with van der Waals surface area (Å²) in [6.07, 6.45) is 9.28. The molecule has 2 unspecified atom stereocenters. The van der Waals surface area contributed by atoms with Crippen molar-refractivity contribution in [2.45, 2.75) is 44.6 Å². The van der Waals surface area contributed by atoms with Crippen LogP contribution in [0.1, 0.15) is 48.9 Å². The highest BCUT2D eigenvalue weighted by molar-refractivity contribution is 6.05. The molecule has 4 rings (SSSR count). The van der Waals surface area contributed by atoms with E-state index in [1.165, 1.54) is 32.1 Å². The summed E-state index contributed by atoms with van der Waals surface area (Å²) >= 11 is 0. The van der Waals surface area contributed by atoms with Crippen molar-refractivity contribution in [2.75, 3.05) is 6.54 Å². The summed E-state index contributed by atoms with van der Waals surface area (Å²) in [4.78, 5) is 19.8. The lowest BCUT2D eigenvalue weighted by Gasteiger charge is -2.44. The van der Waals surface area contributed by atoms with Gasteiger partial charge in [-0.1, -0.05) is 31.0 Å². The van der Waals surface area contributed by atoms with E-state index in [9.17, 15) is 4.79 Å². The lowest BCUT2D eigenvalue weighted by atomic mass is 9.78. The number of pyridine rings is 1. The number of benzene rings is 1. The van der Waals surface area contributed by atoms with Gasteiger partial charge in [0.05, 0.1) is 11.1 Å². The van der Waals surface area contributed by atoms with Gasteiger partial charge in [-0.15, -0.1) is 0 Å². The van der Waals surface area contributed by atoms with Crippen LogP contribution in [0.5, 0.6) is 0 Å². The summed E-state index contributed by atoms with van der Waals surface area (Å²) in [5, 5.41) is 1.05. The first-order chi connectivity index (χ1) is 10.8. The number of carbonyl (C=O) groups excluding carboxylic acids is 1. The van der Waals surface area contributed by atoms with E-state index < -0.39 is 0 Å². The summed E-state index contributed by atoms with van der Waals surface area (Å²) in [5.41, 5.74) is 1.61. The fraction of sp³-hybridized carbons (Fsp3) is 0.474. The van der Waals surface area contributed by atoms with Crippen molar-refractivity contribution < 1.29 is 4.79 Å². The van der Waals surface area contributed by atoms with E-state index >= 15 is 0 Å². The number of para-hydroxylation sites is 1. The summed E-state index contributed by atoms with van der Waals surface area (Å²) < 4.78 is 0. The molecule has 3 heteroatoms. The summed E-state index contributed by atoms with van der Waals surface area (Å²) in [7, 11) is 0. The topological polar surface area (TPSA) is 33.2 Å². The van der Waals surface area contributed by atoms with E-state index in [0.29, 0.717) is 6.04 Å². The predicted octanol–water partition coefficient (Wildman–Crippen LogP) is 4.03. The zero-order valence-electron chi connectivity index (χ0n) is 12.9. The van der Waals surface area contributed by atoms with Crippen LogP contribution in [-0.4, -0.2) is 28.4 Å². The van der Waals surface area contributed by atoms with Crippen molar-refractivity contribution in [3.63, 3.8) is 0 Å². The molecule has 1 saturated heterocycles. The molecule has 1 aliphatic carbocycles. The van der Waals surface area contributed by atoms with Crippen LogP contribution in [0.4, 0.5) is 0 Å². The van der Waals surface area contributed by atoms with Gasteiger partial charge in [0.25, 0.3) is 5.91 Å². The monoisotopic (exact) mass is 294 g/mol. The lowest BCUT2D eigenvalue weighted by molar-refractivity contribution is 0.0392. The van der Waals surface area contributed by atoms with Gasteiger partial charge in [-0.25, -0.2) is 0 Å². The van der Waals surface area contributed by atoms with E-state index in [1.807, 2.05) is 30.3 Å². The molecule has 1 aromatic heterocycles. The number of aromatic nitrogens is 1. The molecule has 1 aromatic carbocycles. The molecule has 0 spiro atoms. The molecule has 1 amide bonds. The minimum absolute atomic E-state index is 0.181. The molecule has 0 radical (unpaired) electrons. The Hall–Kier alpha value is -1.90. The number of fused-ring (bicyclic) bond motifs is 2. The van der Waals surface area contributed by atoms with Gasteiger partial charge in [0.15, 0.2) is 0 Å². The van der Waals surface area contributed by atoms with Crippen molar-refractivity contribution in [1.82, 2.24) is 9.88 Å². The maximum Gasteiger partial charge on any atom is 0.256 e. The smallest absolute Gasteiger partial charge is 0.256 e. The Morgan fingerprint density at radius 2 is 1.86 bits per heavy atom. The standard InChI is InChI=1S/C19H22N2O/c22-19(16-10-3-7-15-8-4-12-20-18(15)16)21-13-5-9-14-6-1-2-11-17(14)21/h3-4,7-8,10,12,14,17H,1-2,5-6,9,11,13H2. The van der Waals surface area contributed by atoms with Gasteiger partial charge in [0.1, 0.15) is 0 Å². The molecular formula is C19H22N2O. The number of likely N-dealkylation sites (tertiary alicyclic amines) is 1. The van der Waals surface area contributed by atoms with Crippen LogP contribution < -0.4 is 0 Å². The number of rotatable bonds is 1. The number of hydrogen-bond donors (Lipinski definition) is 0. The largest absolute Gasteiger partial charge is 0.335 e. The molecule has 2 fully saturated rings. The third kappa shape index (κ3) is 2.29. The highest BCUT2D eigenvalue weighted by Gasteiger charge is 2.36. The normalized spacial score (nSPS) is 25.0. The highest BCUT2D eigenvalue weighted by Crippen LogP contribution is 2.36. The molecule has 114 valence electrons. The quantitative estimate of drug-likeness (QED) is 0.795. The molecule has 3 nitrogen and oxygen atoms in total. The average Bonchev–Trinajstić information content (AvgIpc) is 2.60. The van der Waals surface area contributed by atoms with Crippen molar-refractivity contribution >= 4 is 16.8 Å². The van der Waals surface area contributed by atoms with E-state index in [1.54, 1.807) is 6.20 Å². The molecule has 2 aromatic rings. The Kier molecular flexibility index (Phi) is 3.57. The molecule has 0 bridgehead atoms. The van der Waals surface area contributed by atoms with Crippen molar-refractivity contribution in [1.29, 1.82) is 0 Å². The van der Waals surface area contributed by atoms with E-state index in [0.717, 1.165) is 35.3 Å². The second-order valence-corrected chi connectivity index (χ2v) is 6.63.